The molecule has 0 aliphatic heterocycles. The van der Waals surface area contributed by atoms with Gasteiger partial charge in [0.25, 0.3) is 5.91 Å². The maximum atomic E-state index is 13.8. The topological polar surface area (TPSA) is 195 Å². The normalized spacial score (nSPS) is 15.8. The van der Waals surface area contributed by atoms with Crippen LogP contribution in [0.1, 0.15) is 47.2 Å². The molecule has 1 aromatic heterocycles. The number of hydrogen-bond donors (Lipinski definition) is 5. The van der Waals surface area contributed by atoms with E-state index in [9.17, 15) is 14.4 Å². The molecule has 1 saturated carbocycles. The highest BCUT2D eigenvalue weighted by atomic mass is 35.5. The maximum absolute atomic E-state index is 13.8. The first-order chi connectivity index (χ1) is 25.8. The number of aromatic amines is 1. The first-order valence-corrected chi connectivity index (χ1v) is 18.1. The average molecular weight is 763 g/mol. The van der Waals surface area contributed by atoms with Crippen molar-refractivity contribution in [3.63, 3.8) is 0 Å². The van der Waals surface area contributed by atoms with E-state index in [1.54, 1.807) is 37.4 Å². The average Bonchev–Trinajstić information content (AvgIpc) is 3.73. The molecule has 1 atom stereocenters. The number of H-pyrrole nitrogens is 1. The van der Waals surface area contributed by atoms with Crippen LogP contribution in [-0.2, 0) is 30.2 Å². The highest BCUT2D eigenvalue weighted by Gasteiger charge is 2.29. The van der Waals surface area contributed by atoms with Crippen LogP contribution in [-0.4, -0.2) is 97.6 Å². The number of nitrogens with two attached hydrogens (primary N) is 1. The maximum Gasteiger partial charge on any atom is 0.251 e. The number of carbonyl (C=O) groups excluding carboxylic acids is 3. The van der Waals surface area contributed by atoms with Crippen LogP contribution in [0.25, 0.3) is 22.5 Å². The van der Waals surface area contributed by atoms with Gasteiger partial charge in [-0.3, -0.25) is 14.4 Å². The summed E-state index contributed by atoms with van der Waals surface area (Å²) >= 11 is 0. The monoisotopic (exact) mass is 762 g/mol. The number of carbonyl (C=O) groups is 3. The van der Waals surface area contributed by atoms with Crippen LogP contribution in [0.3, 0.4) is 0 Å². The van der Waals surface area contributed by atoms with Gasteiger partial charge in [0, 0.05) is 42.8 Å². The molecule has 1 fully saturated rings. The zero-order valence-electron chi connectivity index (χ0n) is 30.8. The molecule has 1 aliphatic rings. The smallest absolute Gasteiger partial charge is 0.251 e. The van der Waals surface area contributed by atoms with E-state index in [0.29, 0.717) is 69.1 Å². The van der Waals surface area contributed by atoms with Crippen LogP contribution in [0.2, 0.25) is 0 Å². The number of nitrogens with zero attached hydrogens (tertiary/aromatic N) is 3. The zero-order chi connectivity index (χ0) is 37.4. The third kappa shape index (κ3) is 12.4. The lowest BCUT2D eigenvalue weighted by Gasteiger charge is -2.28. The van der Waals surface area contributed by atoms with Crippen LogP contribution >= 0.6 is 12.4 Å². The van der Waals surface area contributed by atoms with E-state index < -0.39 is 6.04 Å². The van der Waals surface area contributed by atoms with Crippen molar-refractivity contribution in [2.75, 3.05) is 58.6 Å². The van der Waals surface area contributed by atoms with Gasteiger partial charge in [-0.1, -0.05) is 30.3 Å². The third-order valence-corrected chi connectivity index (χ3v) is 9.45. The molecule has 5 rings (SSSR count). The molecule has 0 radical (unpaired) electrons. The Kier molecular flexibility index (Phi) is 17.0. The number of aromatic nitrogens is 4. The minimum atomic E-state index is -0.834. The van der Waals surface area contributed by atoms with Gasteiger partial charge in [0.1, 0.15) is 6.04 Å². The summed E-state index contributed by atoms with van der Waals surface area (Å²) in [6.45, 7) is 5.28. The molecule has 0 unspecified atom stereocenters. The van der Waals surface area contributed by atoms with Crippen molar-refractivity contribution in [3.05, 3.63) is 83.4 Å². The molecular weight excluding hydrogens is 712 g/mol. The van der Waals surface area contributed by atoms with Gasteiger partial charge in [-0.25, -0.2) is 0 Å². The summed E-state index contributed by atoms with van der Waals surface area (Å²) in [5, 5.41) is 23.0. The van der Waals surface area contributed by atoms with Crippen LogP contribution in [0.5, 0.6) is 0 Å². The first-order valence-electron chi connectivity index (χ1n) is 18.1. The van der Waals surface area contributed by atoms with Crippen molar-refractivity contribution < 1.29 is 28.6 Å². The van der Waals surface area contributed by atoms with E-state index in [2.05, 4.69) is 36.6 Å². The Hall–Kier alpha value is -4.73. The first kappa shape index (κ1) is 42.0. The summed E-state index contributed by atoms with van der Waals surface area (Å²) in [4.78, 5) is 40.4. The number of tetrazole rings is 1. The molecule has 1 heterocycles. The summed E-state index contributed by atoms with van der Waals surface area (Å²) < 4.78 is 15.9. The number of aryl methyl sites for hydroxylation is 1. The number of rotatable bonds is 19. The van der Waals surface area contributed by atoms with Crippen molar-refractivity contribution in [2.24, 2.45) is 17.6 Å². The van der Waals surface area contributed by atoms with Crippen LogP contribution in [0.4, 0.5) is 5.69 Å². The minimum Gasteiger partial charge on any atom is -0.382 e. The number of hydrogen-bond acceptors (Lipinski definition) is 10. The molecule has 1 aliphatic carbocycles. The fourth-order valence-electron chi connectivity index (χ4n) is 6.35. The molecule has 14 nitrogen and oxygen atoms in total. The number of nitrogens with one attached hydrogen (secondary N) is 4. The molecule has 290 valence electrons. The van der Waals surface area contributed by atoms with E-state index in [-0.39, 0.29) is 42.5 Å². The highest BCUT2D eigenvalue weighted by molar-refractivity contribution is 5.98. The van der Waals surface area contributed by atoms with Crippen molar-refractivity contribution in [1.29, 1.82) is 0 Å². The van der Waals surface area contributed by atoms with Gasteiger partial charge < -0.3 is 35.9 Å². The standard InChI is InChI=1S/C39H50N8O6.ClH/c1-26-6-9-32(37(48)41-16-17-52-20-21-53-19-18-51-2)24-34(26)31-5-3-4-28(22-31)23-35(43-38(49)30-10-7-27(25-40)8-11-30)39(50)42-33-14-12-29(13-15-33)36-44-46-47-45-36;/h3-6,9,12-15,22,24,27,30,35H,7-8,10-11,16-21,23,25,40H2,1-2H3,(H,41,48)(H,42,50)(H,43,49)(H,44,45,46,47);1H/t27?,30?,35-;/m0./s1. The van der Waals surface area contributed by atoms with Gasteiger partial charge in [0.05, 0.1) is 33.0 Å². The molecule has 0 spiro atoms. The van der Waals surface area contributed by atoms with Crippen molar-refractivity contribution in [3.8, 4) is 22.5 Å². The summed E-state index contributed by atoms with van der Waals surface area (Å²) in [5.74, 6) is 0.0494. The second-order valence-electron chi connectivity index (χ2n) is 13.2. The predicted octanol–water partition coefficient (Wildman–Crippen LogP) is 4.10. The number of amides is 3. The van der Waals surface area contributed by atoms with E-state index in [0.717, 1.165) is 53.5 Å². The number of halogens is 1. The van der Waals surface area contributed by atoms with Gasteiger partial charge in [-0.2, -0.15) is 5.21 Å². The fourth-order valence-corrected chi connectivity index (χ4v) is 6.35. The van der Waals surface area contributed by atoms with E-state index >= 15 is 0 Å². The van der Waals surface area contributed by atoms with Crippen molar-refractivity contribution in [1.82, 2.24) is 31.3 Å². The van der Waals surface area contributed by atoms with Gasteiger partial charge in [-0.15, -0.1) is 22.6 Å². The molecule has 15 heteroatoms. The SMILES string of the molecule is COCCOCCOCCNC(=O)c1ccc(C)c(-c2cccc(C[C@H](NC(=O)C3CCC(CN)CC3)C(=O)Nc3ccc(-c4nn[nH]n4)cc3)c2)c1.Cl. The zero-order valence-corrected chi connectivity index (χ0v) is 31.7. The van der Waals surface area contributed by atoms with Crippen LogP contribution in [0, 0.1) is 18.8 Å². The Labute approximate surface area is 322 Å². The fraction of sp³-hybridized carbons (Fsp3) is 0.436. The second kappa shape index (κ2) is 21.8. The number of methoxy groups -OCH3 is 1. The molecule has 3 aromatic carbocycles. The molecule has 4 aromatic rings. The van der Waals surface area contributed by atoms with Crippen LogP contribution < -0.4 is 21.7 Å². The minimum absolute atomic E-state index is 0. The predicted molar refractivity (Wildman–Crippen MR) is 208 cm³/mol. The van der Waals surface area contributed by atoms with E-state index in [1.165, 1.54) is 0 Å². The largest absolute Gasteiger partial charge is 0.382 e. The summed E-state index contributed by atoms with van der Waals surface area (Å²) in [7, 11) is 1.62. The Balaban J connectivity index is 0.00000650. The lowest BCUT2D eigenvalue weighted by atomic mass is 9.81. The van der Waals surface area contributed by atoms with Crippen molar-refractivity contribution in [2.45, 2.75) is 45.1 Å². The van der Waals surface area contributed by atoms with E-state index in [4.69, 9.17) is 19.9 Å². The number of ether oxygens (including phenoxy) is 3. The highest BCUT2D eigenvalue weighted by Crippen LogP contribution is 2.29. The number of benzene rings is 3. The van der Waals surface area contributed by atoms with Gasteiger partial charge in [0.2, 0.25) is 17.6 Å². The molecule has 6 N–H and O–H groups in total. The van der Waals surface area contributed by atoms with Gasteiger partial charge >= 0.3 is 0 Å². The Morgan fingerprint density at radius 2 is 1.65 bits per heavy atom. The lowest BCUT2D eigenvalue weighted by molar-refractivity contribution is -0.130. The Morgan fingerprint density at radius 1 is 0.907 bits per heavy atom. The molecule has 0 bridgehead atoms. The summed E-state index contributed by atoms with van der Waals surface area (Å²) in [5.41, 5.74) is 11.4. The third-order valence-electron chi connectivity index (χ3n) is 9.45. The van der Waals surface area contributed by atoms with E-state index in [1.807, 2.05) is 43.3 Å². The Morgan fingerprint density at radius 3 is 2.35 bits per heavy atom. The van der Waals surface area contributed by atoms with Gasteiger partial charge in [0.15, 0.2) is 0 Å². The van der Waals surface area contributed by atoms with Crippen LogP contribution in [0.15, 0.2) is 66.7 Å². The molecule has 0 saturated heterocycles. The molecular formula is C39H51ClN8O6. The van der Waals surface area contributed by atoms with Crippen molar-refractivity contribution >= 4 is 35.8 Å². The molecule has 3 amide bonds. The lowest BCUT2D eigenvalue weighted by Crippen LogP contribution is -2.48. The molecule has 54 heavy (non-hydrogen) atoms. The summed E-state index contributed by atoms with van der Waals surface area (Å²) in [6.07, 6.45) is 3.55. The second-order valence-corrected chi connectivity index (χ2v) is 13.2. The van der Waals surface area contributed by atoms with Gasteiger partial charge in [-0.05, 0) is 109 Å². The quantitative estimate of drug-likeness (QED) is 0.0868. The summed E-state index contributed by atoms with van der Waals surface area (Å²) in [6, 6.07) is 19.7. The Bertz CT molecular complexity index is 1770. The number of anilines is 1.